The molecule has 0 aliphatic rings. The van der Waals surface area contributed by atoms with Crippen LogP contribution in [-0.2, 0) is 4.79 Å². The summed E-state index contributed by atoms with van der Waals surface area (Å²) in [6, 6.07) is 23.5. The number of halogens is 1. The average Bonchev–Trinajstić information content (AvgIpc) is 2.62. The first-order valence-electron chi connectivity index (χ1n) is 7.61. The Hall–Kier alpha value is -3.20. The van der Waals surface area contributed by atoms with Gasteiger partial charge in [-0.25, -0.2) is 4.39 Å². The quantitative estimate of drug-likeness (QED) is 0.663. The monoisotopic (exact) mass is 317 g/mol. The molecule has 3 heteroatoms. The minimum atomic E-state index is -0.298. The average molecular weight is 317 g/mol. The fraction of sp³-hybridized carbons (Fsp3) is 0. The molecule has 0 spiro atoms. The van der Waals surface area contributed by atoms with Crippen LogP contribution in [0.2, 0.25) is 0 Å². The van der Waals surface area contributed by atoms with Crippen molar-refractivity contribution in [3.05, 3.63) is 96.3 Å². The number of anilines is 1. The van der Waals surface area contributed by atoms with Crippen LogP contribution < -0.4 is 5.32 Å². The van der Waals surface area contributed by atoms with Crippen molar-refractivity contribution in [3.63, 3.8) is 0 Å². The second kappa shape index (κ2) is 7.38. The number of benzene rings is 3. The summed E-state index contributed by atoms with van der Waals surface area (Å²) in [5.41, 5.74) is 3.51. The molecule has 118 valence electrons. The Bertz CT molecular complexity index is 855. The molecule has 3 rings (SSSR count). The number of carbonyl (C=O) groups is 1. The molecule has 0 unspecified atom stereocenters. The molecule has 0 aliphatic carbocycles. The van der Waals surface area contributed by atoms with Gasteiger partial charge in [-0.15, -0.1) is 0 Å². The van der Waals surface area contributed by atoms with Gasteiger partial charge in [-0.1, -0.05) is 60.7 Å². The summed E-state index contributed by atoms with van der Waals surface area (Å²) in [4.78, 5) is 12.2. The lowest BCUT2D eigenvalue weighted by atomic mass is 10.0. The van der Waals surface area contributed by atoms with E-state index in [1.807, 2.05) is 54.6 Å². The molecule has 2 nitrogen and oxygen atoms in total. The van der Waals surface area contributed by atoms with E-state index in [1.54, 1.807) is 18.2 Å². The molecule has 0 bridgehead atoms. The molecule has 1 N–H and O–H groups in total. The summed E-state index contributed by atoms with van der Waals surface area (Å²) in [7, 11) is 0. The SMILES string of the molecule is O=C(/C=C/c1ccc(F)cc1)Nc1ccccc1-c1ccccc1. The molecule has 0 aliphatic heterocycles. The van der Waals surface area contributed by atoms with E-state index in [2.05, 4.69) is 5.32 Å². The molecular weight excluding hydrogens is 301 g/mol. The Morgan fingerprint density at radius 1 is 0.833 bits per heavy atom. The van der Waals surface area contributed by atoms with Crippen LogP contribution >= 0.6 is 0 Å². The highest BCUT2D eigenvalue weighted by molar-refractivity contribution is 6.04. The van der Waals surface area contributed by atoms with Crippen LogP contribution in [-0.4, -0.2) is 5.91 Å². The van der Waals surface area contributed by atoms with Crippen LogP contribution in [0.5, 0.6) is 0 Å². The fourth-order valence-electron chi connectivity index (χ4n) is 2.38. The van der Waals surface area contributed by atoms with Crippen LogP contribution in [0.4, 0.5) is 10.1 Å². The third kappa shape index (κ3) is 3.96. The zero-order valence-electron chi connectivity index (χ0n) is 12.9. The van der Waals surface area contributed by atoms with Gasteiger partial charge in [0.15, 0.2) is 0 Å². The van der Waals surface area contributed by atoms with Crippen molar-refractivity contribution in [1.29, 1.82) is 0 Å². The van der Waals surface area contributed by atoms with E-state index in [1.165, 1.54) is 18.2 Å². The molecule has 0 saturated heterocycles. The third-order valence-corrected chi connectivity index (χ3v) is 3.57. The van der Waals surface area contributed by atoms with E-state index >= 15 is 0 Å². The number of para-hydroxylation sites is 1. The van der Waals surface area contributed by atoms with E-state index in [9.17, 15) is 9.18 Å². The zero-order valence-corrected chi connectivity index (χ0v) is 12.9. The Morgan fingerprint density at radius 2 is 1.50 bits per heavy atom. The van der Waals surface area contributed by atoms with Crippen molar-refractivity contribution < 1.29 is 9.18 Å². The van der Waals surface area contributed by atoms with Crippen molar-refractivity contribution in [2.45, 2.75) is 0 Å². The summed E-state index contributed by atoms with van der Waals surface area (Å²) < 4.78 is 12.9. The number of rotatable bonds is 4. The molecule has 0 aromatic heterocycles. The van der Waals surface area contributed by atoms with Crippen LogP contribution in [0.15, 0.2) is 84.9 Å². The molecule has 0 heterocycles. The van der Waals surface area contributed by atoms with Gasteiger partial charge < -0.3 is 5.32 Å². The fourth-order valence-corrected chi connectivity index (χ4v) is 2.38. The van der Waals surface area contributed by atoms with Crippen molar-refractivity contribution in [2.24, 2.45) is 0 Å². The maximum atomic E-state index is 12.9. The van der Waals surface area contributed by atoms with Crippen molar-refractivity contribution in [3.8, 4) is 11.1 Å². The number of hydrogen-bond acceptors (Lipinski definition) is 1. The van der Waals surface area contributed by atoms with E-state index in [0.29, 0.717) is 0 Å². The van der Waals surface area contributed by atoms with E-state index in [0.717, 1.165) is 22.4 Å². The predicted molar refractivity (Wildman–Crippen MR) is 95.9 cm³/mol. The van der Waals surface area contributed by atoms with Gasteiger partial charge in [0.05, 0.1) is 0 Å². The standard InChI is InChI=1S/C21H16FNO/c22-18-13-10-16(11-14-18)12-15-21(24)23-20-9-5-4-8-19(20)17-6-2-1-3-7-17/h1-15H,(H,23,24)/b15-12+. The summed E-state index contributed by atoms with van der Waals surface area (Å²) in [6.07, 6.45) is 3.09. The van der Waals surface area contributed by atoms with Gasteiger partial charge in [-0.3, -0.25) is 4.79 Å². The summed E-state index contributed by atoms with van der Waals surface area (Å²) >= 11 is 0. The van der Waals surface area contributed by atoms with E-state index < -0.39 is 0 Å². The Balaban J connectivity index is 1.76. The number of hydrogen-bond donors (Lipinski definition) is 1. The Morgan fingerprint density at radius 3 is 2.25 bits per heavy atom. The van der Waals surface area contributed by atoms with Gasteiger partial charge in [0, 0.05) is 17.3 Å². The predicted octanol–water partition coefficient (Wildman–Crippen LogP) is 5.14. The van der Waals surface area contributed by atoms with Gasteiger partial charge in [-0.05, 0) is 35.4 Å². The molecular formula is C21H16FNO. The third-order valence-electron chi connectivity index (χ3n) is 3.57. The first kappa shape index (κ1) is 15.7. The lowest BCUT2D eigenvalue weighted by Crippen LogP contribution is -2.08. The number of carbonyl (C=O) groups excluding carboxylic acids is 1. The molecule has 0 atom stereocenters. The summed E-state index contributed by atoms with van der Waals surface area (Å²) in [5, 5.41) is 2.89. The van der Waals surface area contributed by atoms with Crippen LogP contribution in [0.1, 0.15) is 5.56 Å². The summed E-state index contributed by atoms with van der Waals surface area (Å²) in [6.45, 7) is 0. The van der Waals surface area contributed by atoms with Crippen LogP contribution in [0.25, 0.3) is 17.2 Å². The van der Waals surface area contributed by atoms with Gasteiger partial charge in [0.2, 0.25) is 5.91 Å². The van der Waals surface area contributed by atoms with Crippen LogP contribution in [0.3, 0.4) is 0 Å². The second-order valence-electron chi connectivity index (χ2n) is 5.29. The minimum absolute atomic E-state index is 0.234. The first-order chi connectivity index (χ1) is 11.7. The van der Waals surface area contributed by atoms with E-state index in [-0.39, 0.29) is 11.7 Å². The highest BCUT2D eigenvalue weighted by Gasteiger charge is 2.06. The topological polar surface area (TPSA) is 29.1 Å². The second-order valence-corrected chi connectivity index (χ2v) is 5.29. The minimum Gasteiger partial charge on any atom is -0.322 e. The zero-order chi connectivity index (χ0) is 16.8. The molecule has 0 fully saturated rings. The normalized spacial score (nSPS) is 10.7. The maximum absolute atomic E-state index is 12.9. The van der Waals surface area contributed by atoms with Gasteiger partial charge in [-0.2, -0.15) is 0 Å². The van der Waals surface area contributed by atoms with Crippen molar-refractivity contribution in [2.75, 3.05) is 5.32 Å². The van der Waals surface area contributed by atoms with Gasteiger partial charge in [0.1, 0.15) is 5.82 Å². The largest absolute Gasteiger partial charge is 0.322 e. The smallest absolute Gasteiger partial charge is 0.248 e. The van der Waals surface area contributed by atoms with Crippen molar-refractivity contribution in [1.82, 2.24) is 0 Å². The van der Waals surface area contributed by atoms with Gasteiger partial charge >= 0.3 is 0 Å². The molecule has 1 amide bonds. The summed E-state index contributed by atoms with van der Waals surface area (Å²) in [5.74, 6) is -0.531. The van der Waals surface area contributed by atoms with E-state index in [4.69, 9.17) is 0 Å². The molecule has 0 saturated carbocycles. The van der Waals surface area contributed by atoms with Crippen LogP contribution in [0, 0.1) is 5.82 Å². The highest BCUT2D eigenvalue weighted by atomic mass is 19.1. The number of nitrogens with one attached hydrogen (secondary N) is 1. The molecule has 3 aromatic carbocycles. The molecule has 3 aromatic rings. The molecule has 0 radical (unpaired) electrons. The van der Waals surface area contributed by atoms with Gasteiger partial charge in [0.25, 0.3) is 0 Å². The Kier molecular flexibility index (Phi) is 4.82. The maximum Gasteiger partial charge on any atom is 0.248 e. The lowest BCUT2D eigenvalue weighted by Gasteiger charge is -2.10. The number of amides is 1. The molecule has 24 heavy (non-hydrogen) atoms. The first-order valence-corrected chi connectivity index (χ1v) is 7.61. The lowest BCUT2D eigenvalue weighted by molar-refractivity contribution is -0.111. The Labute approximate surface area is 140 Å². The van der Waals surface area contributed by atoms with Crippen molar-refractivity contribution >= 4 is 17.7 Å². The highest BCUT2D eigenvalue weighted by Crippen LogP contribution is 2.27.